The van der Waals surface area contributed by atoms with Crippen LogP contribution in [-0.2, 0) is 11.2 Å². The molecule has 3 aromatic carbocycles. The second-order valence-corrected chi connectivity index (χ2v) is 9.15. The first kappa shape index (κ1) is 24.7. The van der Waals surface area contributed by atoms with Crippen molar-refractivity contribution in [1.82, 2.24) is 19.9 Å². The van der Waals surface area contributed by atoms with E-state index in [1.165, 1.54) is 0 Å². The number of anilines is 3. The van der Waals surface area contributed by atoms with Gasteiger partial charge in [-0.15, -0.1) is 0 Å². The van der Waals surface area contributed by atoms with E-state index in [1.807, 2.05) is 36.4 Å². The van der Waals surface area contributed by atoms with Gasteiger partial charge in [0, 0.05) is 52.6 Å². The number of aromatic amines is 1. The maximum atomic E-state index is 6.05. The Balaban J connectivity index is 1.26. The maximum Gasteiger partial charge on any atom is 0.323 e. The molecule has 6 rings (SSSR count). The lowest BCUT2D eigenvalue weighted by molar-refractivity contribution is 0.122. The zero-order chi connectivity index (χ0) is 26.6. The van der Waals surface area contributed by atoms with E-state index in [2.05, 4.69) is 49.4 Å². The average molecular weight is 527 g/mol. The summed E-state index contributed by atoms with van der Waals surface area (Å²) in [5.74, 6) is 2.35. The van der Waals surface area contributed by atoms with Gasteiger partial charge in [0.05, 0.1) is 34.0 Å². The number of nitrogens with one attached hydrogen (secondary N) is 2. The summed E-state index contributed by atoms with van der Waals surface area (Å²) in [6.45, 7) is 3.00. The molecule has 5 aromatic rings. The molecule has 0 atom stereocenters. The lowest BCUT2D eigenvalue weighted by atomic mass is 10.1. The van der Waals surface area contributed by atoms with Crippen LogP contribution in [0.2, 0.25) is 0 Å². The molecular formula is C29H30N6O4. The van der Waals surface area contributed by atoms with E-state index in [9.17, 15) is 0 Å². The molecule has 2 N–H and O–H groups in total. The molecule has 10 nitrogen and oxygen atoms in total. The maximum absolute atomic E-state index is 6.05. The van der Waals surface area contributed by atoms with Crippen LogP contribution in [0.3, 0.4) is 0 Å². The van der Waals surface area contributed by atoms with Crippen molar-refractivity contribution in [3.63, 3.8) is 0 Å². The predicted molar refractivity (Wildman–Crippen MR) is 151 cm³/mol. The molecule has 1 fully saturated rings. The summed E-state index contributed by atoms with van der Waals surface area (Å²) in [5, 5.41) is 5.65. The van der Waals surface area contributed by atoms with E-state index in [1.54, 1.807) is 14.2 Å². The minimum atomic E-state index is 0.254. The number of ether oxygens (including phenoxy) is 4. The Morgan fingerprint density at radius 3 is 2.59 bits per heavy atom. The molecular weight excluding hydrogens is 496 g/mol. The Hall–Kier alpha value is -4.57. The van der Waals surface area contributed by atoms with Gasteiger partial charge in [0.1, 0.15) is 0 Å². The third kappa shape index (κ3) is 5.23. The van der Waals surface area contributed by atoms with Gasteiger partial charge in [-0.2, -0.15) is 15.0 Å². The summed E-state index contributed by atoms with van der Waals surface area (Å²) in [7, 11) is 3.26. The molecule has 200 valence electrons. The lowest BCUT2D eigenvalue weighted by Crippen LogP contribution is -2.37. The number of aromatic nitrogens is 4. The quantitative estimate of drug-likeness (QED) is 0.282. The molecule has 3 heterocycles. The molecule has 0 aliphatic carbocycles. The number of fused-ring (bicyclic) bond motifs is 3. The van der Waals surface area contributed by atoms with Crippen molar-refractivity contribution in [2.24, 2.45) is 0 Å². The van der Waals surface area contributed by atoms with Crippen LogP contribution in [0.5, 0.6) is 17.5 Å². The fraction of sp³-hybridized carbons (Fsp3) is 0.276. The summed E-state index contributed by atoms with van der Waals surface area (Å²) in [6, 6.07) is 20.5. The zero-order valence-electron chi connectivity index (χ0n) is 21.9. The molecule has 0 bridgehead atoms. The van der Waals surface area contributed by atoms with E-state index < -0.39 is 0 Å². The van der Waals surface area contributed by atoms with E-state index in [0.717, 1.165) is 33.1 Å². The molecule has 1 saturated heterocycles. The van der Waals surface area contributed by atoms with Crippen molar-refractivity contribution < 1.29 is 18.9 Å². The summed E-state index contributed by atoms with van der Waals surface area (Å²) in [5.41, 5.74) is 4.02. The van der Waals surface area contributed by atoms with Crippen LogP contribution in [-0.4, -0.2) is 67.1 Å². The first-order chi connectivity index (χ1) is 19.2. The minimum absolute atomic E-state index is 0.254. The molecule has 1 aliphatic heterocycles. The number of benzene rings is 3. The van der Waals surface area contributed by atoms with Gasteiger partial charge in [-0.3, -0.25) is 0 Å². The SMILES string of the molecule is COc1cccc(CCOc2nc(Nc3ccc4[nH]c5ccccc5c4c3)nc(N3CCOCC3)n2)c1OC. The normalized spacial score (nSPS) is 13.5. The summed E-state index contributed by atoms with van der Waals surface area (Å²) in [6.07, 6.45) is 0.596. The second-order valence-electron chi connectivity index (χ2n) is 9.15. The molecule has 0 radical (unpaired) electrons. The van der Waals surface area contributed by atoms with E-state index in [0.29, 0.717) is 62.7 Å². The number of methoxy groups -OCH3 is 2. The van der Waals surface area contributed by atoms with Gasteiger partial charge < -0.3 is 34.1 Å². The van der Waals surface area contributed by atoms with Crippen LogP contribution >= 0.6 is 0 Å². The van der Waals surface area contributed by atoms with Gasteiger partial charge in [-0.1, -0.05) is 30.3 Å². The number of para-hydroxylation sites is 2. The van der Waals surface area contributed by atoms with Crippen molar-refractivity contribution in [2.75, 3.05) is 57.3 Å². The topological polar surface area (TPSA) is 107 Å². The molecule has 1 aliphatic rings. The van der Waals surface area contributed by atoms with Crippen LogP contribution in [0, 0.1) is 0 Å². The van der Waals surface area contributed by atoms with Crippen LogP contribution in [0.25, 0.3) is 21.8 Å². The van der Waals surface area contributed by atoms with Gasteiger partial charge >= 0.3 is 6.01 Å². The first-order valence-electron chi connectivity index (χ1n) is 12.9. The Morgan fingerprint density at radius 2 is 1.74 bits per heavy atom. The number of hydrogen-bond acceptors (Lipinski definition) is 9. The summed E-state index contributed by atoms with van der Waals surface area (Å²) in [4.78, 5) is 19.4. The summed E-state index contributed by atoms with van der Waals surface area (Å²) < 4.78 is 22.5. The molecule has 0 amide bonds. The third-order valence-electron chi connectivity index (χ3n) is 6.75. The van der Waals surface area contributed by atoms with E-state index in [-0.39, 0.29) is 6.01 Å². The predicted octanol–water partition coefficient (Wildman–Crippen LogP) is 4.73. The van der Waals surface area contributed by atoms with Crippen molar-refractivity contribution >= 4 is 39.4 Å². The Bertz CT molecular complexity index is 1600. The first-order valence-corrected chi connectivity index (χ1v) is 12.9. The second kappa shape index (κ2) is 11.0. The van der Waals surface area contributed by atoms with E-state index in [4.69, 9.17) is 23.9 Å². The van der Waals surface area contributed by atoms with Crippen LogP contribution in [0.15, 0.2) is 60.7 Å². The van der Waals surface area contributed by atoms with Gasteiger partial charge in [-0.05, 0) is 30.3 Å². The fourth-order valence-corrected chi connectivity index (χ4v) is 4.83. The van der Waals surface area contributed by atoms with Crippen molar-refractivity contribution in [2.45, 2.75) is 6.42 Å². The van der Waals surface area contributed by atoms with Crippen LogP contribution < -0.4 is 24.4 Å². The largest absolute Gasteiger partial charge is 0.493 e. The number of nitrogens with zero attached hydrogens (tertiary/aromatic N) is 4. The van der Waals surface area contributed by atoms with Gasteiger partial charge in [0.2, 0.25) is 11.9 Å². The monoisotopic (exact) mass is 526 g/mol. The Morgan fingerprint density at radius 1 is 0.897 bits per heavy atom. The van der Waals surface area contributed by atoms with E-state index >= 15 is 0 Å². The van der Waals surface area contributed by atoms with Crippen molar-refractivity contribution in [3.8, 4) is 17.5 Å². The third-order valence-corrected chi connectivity index (χ3v) is 6.75. The molecule has 10 heteroatoms. The average Bonchev–Trinajstić information content (AvgIpc) is 3.35. The number of rotatable bonds is 9. The lowest BCUT2D eigenvalue weighted by Gasteiger charge is -2.27. The molecule has 2 aromatic heterocycles. The Kier molecular flexibility index (Phi) is 7.01. The number of morpholine rings is 1. The summed E-state index contributed by atoms with van der Waals surface area (Å²) >= 11 is 0. The highest BCUT2D eigenvalue weighted by atomic mass is 16.5. The standard InChI is InChI=1S/C29H30N6O4/c1-36-25-9-5-6-19(26(25)37-2)12-15-39-29-33-27(32-28(34-29)35-13-16-38-17-14-35)30-20-10-11-24-22(18-20)21-7-3-4-8-23(21)31-24/h3-11,18,31H,12-17H2,1-2H3,(H,30,32,33,34). The highest BCUT2D eigenvalue weighted by Crippen LogP contribution is 2.31. The fourth-order valence-electron chi connectivity index (χ4n) is 4.83. The van der Waals surface area contributed by atoms with Gasteiger partial charge in [-0.25, -0.2) is 0 Å². The zero-order valence-corrected chi connectivity index (χ0v) is 21.9. The minimum Gasteiger partial charge on any atom is -0.493 e. The highest BCUT2D eigenvalue weighted by molar-refractivity contribution is 6.08. The highest BCUT2D eigenvalue weighted by Gasteiger charge is 2.18. The molecule has 0 spiro atoms. The smallest absolute Gasteiger partial charge is 0.323 e. The number of hydrogen-bond donors (Lipinski definition) is 2. The Labute approximate surface area is 225 Å². The van der Waals surface area contributed by atoms with Gasteiger partial charge in [0.15, 0.2) is 11.5 Å². The molecule has 0 unspecified atom stereocenters. The van der Waals surface area contributed by atoms with Crippen LogP contribution in [0.4, 0.5) is 17.6 Å². The van der Waals surface area contributed by atoms with Gasteiger partial charge in [0.25, 0.3) is 0 Å². The van der Waals surface area contributed by atoms with Crippen molar-refractivity contribution in [3.05, 3.63) is 66.2 Å². The number of H-pyrrole nitrogens is 1. The van der Waals surface area contributed by atoms with Crippen molar-refractivity contribution in [1.29, 1.82) is 0 Å². The molecule has 0 saturated carbocycles. The van der Waals surface area contributed by atoms with Crippen LogP contribution in [0.1, 0.15) is 5.56 Å². The molecule has 39 heavy (non-hydrogen) atoms.